The van der Waals surface area contributed by atoms with Gasteiger partial charge in [0.1, 0.15) is 5.82 Å². The van der Waals surface area contributed by atoms with Gasteiger partial charge in [0.2, 0.25) is 0 Å². The predicted octanol–water partition coefficient (Wildman–Crippen LogP) is 4.30. The summed E-state index contributed by atoms with van der Waals surface area (Å²) in [7, 11) is 0. The molecule has 0 saturated carbocycles. The molecule has 0 atom stereocenters. The fourth-order valence-electron chi connectivity index (χ4n) is 1.84. The third-order valence-corrected chi connectivity index (χ3v) is 3.54. The number of nitrogens with one attached hydrogen (secondary N) is 1. The Morgan fingerprint density at radius 2 is 1.84 bits per heavy atom. The van der Waals surface area contributed by atoms with Gasteiger partial charge in [0.05, 0.1) is 0 Å². The largest absolute Gasteiger partial charge is 0.322 e. The molecular formula is C15H13FINO. The number of carbonyl (C=O) groups is 1. The van der Waals surface area contributed by atoms with E-state index in [1.165, 1.54) is 18.2 Å². The van der Waals surface area contributed by atoms with E-state index < -0.39 is 0 Å². The molecule has 2 rings (SSSR count). The number of rotatable bonds is 2. The first-order valence-electron chi connectivity index (χ1n) is 5.81. The lowest BCUT2D eigenvalue weighted by Gasteiger charge is -2.10. The average Bonchev–Trinajstić information content (AvgIpc) is 2.32. The van der Waals surface area contributed by atoms with Crippen LogP contribution < -0.4 is 5.32 Å². The van der Waals surface area contributed by atoms with Gasteiger partial charge in [-0.3, -0.25) is 4.79 Å². The molecular weight excluding hydrogens is 356 g/mol. The smallest absolute Gasteiger partial charge is 0.255 e. The lowest BCUT2D eigenvalue weighted by molar-refractivity contribution is 0.102. The first kappa shape index (κ1) is 14.0. The minimum atomic E-state index is -0.334. The van der Waals surface area contributed by atoms with Crippen LogP contribution in [0.5, 0.6) is 0 Å². The molecule has 0 fully saturated rings. The number of anilines is 1. The Labute approximate surface area is 125 Å². The van der Waals surface area contributed by atoms with E-state index in [1.807, 2.05) is 25.1 Å². The molecule has 98 valence electrons. The zero-order valence-electron chi connectivity index (χ0n) is 10.6. The fraction of sp³-hybridized carbons (Fsp3) is 0.133. The van der Waals surface area contributed by atoms with Gasteiger partial charge in [-0.15, -0.1) is 0 Å². The van der Waals surface area contributed by atoms with Crippen molar-refractivity contribution < 1.29 is 9.18 Å². The van der Waals surface area contributed by atoms with Crippen LogP contribution in [0.3, 0.4) is 0 Å². The van der Waals surface area contributed by atoms with E-state index in [9.17, 15) is 9.18 Å². The summed E-state index contributed by atoms with van der Waals surface area (Å²) < 4.78 is 14.1. The highest BCUT2D eigenvalue weighted by Crippen LogP contribution is 2.19. The molecule has 1 N–H and O–H groups in total. The van der Waals surface area contributed by atoms with Crippen molar-refractivity contribution in [2.24, 2.45) is 0 Å². The summed E-state index contributed by atoms with van der Waals surface area (Å²) in [6, 6.07) is 9.95. The molecule has 0 spiro atoms. The van der Waals surface area contributed by atoms with Crippen LogP contribution in [0.25, 0.3) is 0 Å². The molecule has 1 amide bonds. The molecule has 19 heavy (non-hydrogen) atoms. The van der Waals surface area contributed by atoms with Crippen LogP contribution in [-0.2, 0) is 0 Å². The van der Waals surface area contributed by atoms with Gasteiger partial charge in [-0.2, -0.15) is 0 Å². The highest BCUT2D eigenvalue weighted by Gasteiger charge is 2.11. The molecule has 0 aliphatic heterocycles. The zero-order chi connectivity index (χ0) is 14.0. The Hall–Kier alpha value is -1.43. The Morgan fingerprint density at radius 1 is 1.11 bits per heavy atom. The lowest BCUT2D eigenvalue weighted by Crippen LogP contribution is -2.14. The summed E-state index contributed by atoms with van der Waals surface area (Å²) >= 11 is 2.22. The van der Waals surface area contributed by atoms with Crippen molar-refractivity contribution in [2.75, 3.05) is 5.32 Å². The van der Waals surface area contributed by atoms with Crippen LogP contribution in [0.2, 0.25) is 0 Å². The van der Waals surface area contributed by atoms with Gasteiger partial charge in [0.15, 0.2) is 0 Å². The summed E-state index contributed by atoms with van der Waals surface area (Å²) in [4.78, 5) is 12.1. The Bertz CT molecular complexity index is 640. The topological polar surface area (TPSA) is 29.1 Å². The van der Waals surface area contributed by atoms with Crippen LogP contribution in [0, 0.1) is 23.2 Å². The molecule has 0 radical (unpaired) electrons. The van der Waals surface area contributed by atoms with E-state index in [0.29, 0.717) is 11.1 Å². The number of benzene rings is 2. The fourth-order valence-corrected chi connectivity index (χ4v) is 2.49. The lowest BCUT2D eigenvalue weighted by atomic mass is 10.1. The summed E-state index contributed by atoms with van der Waals surface area (Å²) in [5.74, 6) is -0.554. The Morgan fingerprint density at radius 3 is 2.47 bits per heavy atom. The van der Waals surface area contributed by atoms with Crippen LogP contribution >= 0.6 is 22.6 Å². The highest BCUT2D eigenvalue weighted by atomic mass is 127. The van der Waals surface area contributed by atoms with Gasteiger partial charge in [-0.1, -0.05) is 0 Å². The summed E-state index contributed by atoms with van der Waals surface area (Å²) in [5.41, 5.74) is 2.88. The Balaban J connectivity index is 2.25. The van der Waals surface area contributed by atoms with Gasteiger partial charge in [0.25, 0.3) is 5.91 Å². The number of aryl methyl sites for hydroxylation is 2. The van der Waals surface area contributed by atoms with Gasteiger partial charge in [0, 0.05) is 14.8 Å². The number of halogens is 2. The standard InChI is InChI=1S/C15H13FINO/c1-9-7-11(16)3-5-13(9)15(19)18-14-6-4-12(17)8-10(14)2/h3-8H,1-2H3,(H,18,19). The molecule has 0 heterocycles. The van der Waals surface area contributed by atoms with Crippen LogP contribution in [0.1, 0.15) is 21.5 Å². The number of hydrogen-bond acceptors (Lipinski definition) is 1. The zero-order valence-corrected chi connectivity index (χ0v) is 12.8. The SMILES string of the molecule is Cc1cc(I)ccc1NC(=O)c1ccc(F)cc1C. The molecule has 0 aliphatic rings. The molecule has 2 nitrogen and oxygen atoms in total. The molecule has 2 aromatic carbocycles. The van der Waals surface area contributed by atoms with Crippen molar-refractivity contribution in [2.45, 2.75) is 13.8 Å². The van der Waals surface area contributed by atoms with E-state index in [4.69, 9.17) is 0 Å². The molecule has 0 unspecified atom stereocenters. The second-order valence-corrected chi connectivity index (χ2v) is 5.62. The third-order valence-electron chi connectivity index (χ3n) is 2.87. The average molecular weight is 369 g/mol. The summed E-state index contributed by atoms with van der Waals surface area (Å²) in [6.45, 7) is 3.66. The van der Waals surface area contributed by atoms with Crippen LogP contribution in [0.15, 0.2) is 36.4 Å². The summed E-state index contributed by atoms with van der Waals surface area (Å²) in [6.07, 6.45) is 0. The van der Waals surface area contributed by atoms with Gasteiger partial charge < -0.3 is 5.32 Å². The van der Waals surface area contributed by atoms with Crippen molar-refractivity contribution >= 4 is 34.2 Å². The Kier molecular flexibility index (Phi) is 4.19. The molecule has 0 saturated heterocycles. The van der Waals surface area contributed by atoms with Crippen molar-refractivity contribution in [3.8, 4) is 0 Å². The van der Waals surface area contributed by atoms with E-state index in [-0.39, 0.29) is 11.7 Å². The molecule has 0 bridgehead atoms. The second-order valence-electron chi connectivity index (χ2n) is 4.37. The normalized spacial score (nSPS) is 10.3. The van der Waals surface area contributed by atoms with E-state index in [0.717, 1.165) is 14.8 Å². The minimum absolute atomic E-state index is 0.221. The van der Waals surface area contributed by atoms with Crippen LogP contribution in [0.4, 0.5) is 10.1 Å². The van der Waals surface area contributed by atoms with Crippen molar-refractivity contribution in [3.63, 3.8) is 0 Å². The first-order valence-corrected chi connectivity index (χ1v) is 6.89. The molecule has 4 heteroatoms. The maximum atomic E-state index is 13.0. The number of hydrogen-bond donors (Lipinski definition) is 1. The third kappa shape index (κ3) is 3.32. The van der Waals surface area contributed by atoms with Crippen molar-refractivity contribution in [3.05, 3.63) is 62.5 Å². The van der Waals surface area contributed by atoms with Crippen LogP contribution in [-0.4, -0.2) is 5.91 Å². The minimum Gasteiger partial charge on any atom is -0.322 e. The molecule has 2 aromatic rings. The van der Waals surface area contributed by atoms with Gasteiger partial charge in [-0.25, -0.2) is 4.39 Å². The number of amides is 1. The van der Waals surface area contributed by atoms with E-state index in [1.54, 1.807) is 6.92 Å². The summed E-state index contributed by atoms with van der Waals surface area (Å²) in [5, 5.41) is 2.85. The highest BCUT2D eigenvalue weighted by molar-refractivity contribution is 14.1. The molecule has 0 aromatic heterocycles. The maximum absolute atomic E-state index is 13.0. The first-order chi connectivity index (χ1) is 8.97. The van der Waals surface area contributed by atoms with E-state index in [2.05, 4.69) is 27.9 Å². The maximum Gasteiger partial charge on any atom is 0.255 e. The predicted molar refractivity (Wildman–Crippen MR) is 83.0 cm³/mol. The molecule has 0 aliphatic carbocycles. The van der Waals surface area contributed by atoms with Crippen molar-refractivity contribution in [1.29, 1.82) is 0 Å². The monoisotopic (exact) mass is 369 g/mol. The van der Waals surface area contributed by atoms with E-state index >= 15 is 0 Å². The van der Waals surface area contributed by atoms with Crippen molar-refractivity contribution in [1.82, 2.24) is 0 Å². The van der Waals surface area contributed by atoms with Gasteiger partial charge >= 0.3 is 0 Å². The van der Waals surface area contributed by atoms with Gasteiger partial charge in [-0.05, 0) is 84.0 Å². The quantitative estimate of drug-likeness (QED) is 0.786. The number of carbonyl (C=O) groups excluding carboxylic acids is 1. The second kappa shape index (κ2) is 5.69.